The van der Waals surface area contributed by atoms with E-state index in [1.165, 1.54) is 11.7 Å². The van der Waals surface area contributed by atoms with Crippen molar-refractivity contribution in [1.29, 1.82) is 0 Å². The summed E-state index contributed by atoms with van der Waals surface area (Å²) in [4.78, 5) is 28.3. The van der Waals surface area contributed by atoms with Crippen molar-refractivity contribution in [3.05, 3.63) is 75.1 Å². The van der Waals surface area contributed by atoms with Gasteiger partial charge in [0.1, 0.15) is 17.2 Å². The normalized spacial score (nSPS) is 11.0. The van der Waals surface area contributed by atoms with Crippen molar-refractivity contribution in [3.8, 4) is 28.5 Å². The molecule has 0 saturated carbocycles. The summed E-state index contributed by atoms with van der Waals surface area (Å²) in [6.45, 7) is 2.89. The van der Waals surface area contributed by atoms with Gasteiger partial charge in [-0.15, -0.1) is 0 Å². The summed E-state index contributed by atoms with van der Waals surface area (Å²) in [6.07, 6.45) is 1.28. The number of ether oxygens (including phenoxy) is 3. The predicted molar refractivity (Wildman–Crippen MR) is 139 cm³/mol. The summed E-state index contributed by atoms with van der Waals surface area (Å²) in [7, 11) is 8.35. The van der Waals surface area contributed by atoms with E-state index in [2.05, 4.69) is 4.90 Å². The number of likely N-dealkylation sites (N-methyl/N-ethyl adjacent to an activating group) is 1. The van der Waals surface area contributed by atoms with E-state index in [0.717, 1.165) is 24.1 Å². The van der Waals surface area contributed by atoms with Gasteiger partial charge < -0.3 is 28.8 Å². The summed E-state index contributed by atoms with van der Waals surface area (Å²) in [5.41, 5.74) is 2.65. The lowest BCUT2D eigenvalue weighted by molar-refractivity contribution is 0.0594. The van der Waals surface area contributed by atoms with E-state index in [1.807, 2.05) is 51.4 Å². The molecule has 1 heterocycles. The van der Waals surface area contributed by atoms with Crippen molar-refractivity contribution in [1.82, 2.24) is 9.47 Å². The molecule has 0 saturated heterocycles. The molecule has 8 nitrogen and oxygen atoms in total. The zero-order chi connectivity index (χ0) is 26.4. The molecule has 0 spiro atoms. The maximum absolute atomic E-state index is 13.7. The van der Waals surface area contributed by atoms with Crippen molar-refractivity contribution >= 4 is 5.97 Å². The van der Waals surface area contributed by atoms with Crippen molar-refractivity contribution < 1.29 is 24.1 Å². The zero-order valence-electron chi connectivity index (χ0n) is 21.8. The number of esters is 1. The second-order valence-corrected chi connectivity index (χ2v) is 8.72. The van der Waals surface area contributed by atoms with Gasteiger partial charge in [-0.2, -0.15) is 0 Å². The number of carbonyl (C=O) groups is 1. The van der Waals surface area contributed by atoms with Crippen LogP contribution in [0.1, 0.15) is 34.0 Å². The number of methoxy groups -OCH3 is 3. The van der Waals surface area contributed by atoms with E-state index >= 15 is 0 Å². The second kappa shape index (κ2) is 11.8. The van der Waals surface area contributed by atoms with E-state index < -0.39 is 11.5 Å². The van der Waals surface area contributed by atoms with Gasteiger partial charge in [0.25, 0.3) is 5.56 Å². The fourth-order valence-electron chi connectivity index (χ4n) is 4.20. The number of hydrogen-bond acceptors (Lipinski definition) is 7. The Morgan fingerprint density at radius 1 is 1.03 bits per heavy atom. The van der Waals surface area contributed by atoms with Crippen LogP contribution in [0.15, 0.2) is 47.3 Å². The average molecular weight is 495 g/mol. The van der Waals surface area contributed by atoms with Crippen LogP contribution in [0, 0.1) is 0 Å². The van der Waals surface area contributed by atoms with Gasteiger partial charge in [0.2, 0.25) is 0 Å². The molecule has 8 heteroatoms. The van der Waals surface area contributed by atoms with Crippen molar-refractivity contribution in [2.45, 2.75) is 26.3 Å². The minimum absolute atomic E-state index is 0.112. The van der Waals surface area contributed by atoms with Gasteiger partial charge in [0.05, 0.1) is 33.6 Å². The number of aromatic hydroxyl groups is 1. The largest absolute Gasteiger partial charge is 0.506 e. The molecule has 0 aliphatic rings. The quantitative estimate of drug-likeness (QED) is 0.430. The Morgan fingerprint density at radius 3 is 2.28 bits per heavy atom. The highest BCUT2D eigenvalue weighted by Gasteiger charge is 2.27. The first-order valence-corrected chi connectivity index (χ1v) is 11.8. The molecule has 3 aromatic rings. The third-order valence-corrected chi connectivity index (χ3v) is 6.18. The second-order valence-electron chi connectivity index (χ2n) is 8.72. The molecule has 0 aliphatic carbocycles. The first kappa shape index (κ1) is 26.8. The molecule has 0 unspecified atom stereocenters. The first-order chi connectivity index (χ1) is 17.2. The van der Waals surface area contributed by atoms with Crippen molar-refractivity contribution in [3.63, 3.8) is 0 Å². The lowest BCUT2D eigenvalue weighted by atomic mass is 9.97. The Kier molecular flexibility index (Phi) is 8.77. The lowest BCUT2D eigenvalue weighted by Gasteiger charge is -2.21. The van der Waals surface area contributed by atoms with Gasteiger partial charge in [-0.3, -0.25) is 4.79 Å². The Balaban J connectivity index is 2.25. The van der Waals surface area contributed by atoms with E-state index in [-0.39, 0.29) is 17.9 Å². The molecule has 36 heavy (non-hydrogen) atoms. The molecule has 0 atom stereocenters. The minimum Gasteiger partial charge on any atom is -0.506 e. The predicted octanol–water partition coefficient (Wildman–Crippen LogP) is 3.74. The molecule has 1 N–H and O–H groups in total. The van der Waals surface area contributed by atoms with Crippen LogP contribution < -0.4 is 15.0 Å². The van der Waals surface area contributed by atoms with E-state index in [4.69, 9.17) is 14.2 Å². The smallest absolute Gasteiger partial charge is 0.347 e. The third-order valence-electron chi connectivity index (χ3n) is 6.18. The molecule has 1 aromatic heterocycles. The summed E-state index contributed by atoms with van der Waals surface area (Å²) in [5, 5.41) is 11.0. The van der Waals surface area contributed by atoms with Gasteiger partial charge in [-0.1, -0.05) is 31.2 Å². The molecule has 0 amide bonds. The van der Waals surface area contributed by atoms with Crippen LogP contribution in [-0.2, 0) is 24.1 Å². The molecular formula is C28H34N2O6. The van der Waals surface area contributed by atoms with Crippen LogP contribution in [0.2, 0.25) is 0 Å². The fourth-order valence-corrected chi connectivity index (χ4v) is 4.20. The molecule has 0 bridgehead atoms. The van der Waals surface area contributed by atoms with Gasteiger partial charge >= 0.3 is 5.97 Å². The number of nitrogens with zero attached hydrogens (tertiary/aromatic N) is 2. The standard InChI is InChI=1S/C28H34N2O6/c1-7-22-25(19-10-8-18(9-11-19)14-15-29(2)3)30(27(32)24(26(22)31)28(33)36-6)17-20-12-13-21(34-4)16-23(20)35-5/h8-13,16,31H,7,14-15,17H2,1-6H3. The van der Waals surface area contributed by atoms with Crippen LogP contribution in [0.5, 0.6) is 17.2 Å². The Bertz CT molecular complexity index is 1280. The minimum atomic E-state index is -0.881. The summed E-state index contributed by atoms with van der Waals surface area (Å²) >= 11 is 0. The number of benzene rings is 2. The number of aromatic nitrogens is 1. The van der Waals surface area contributed by atoms with Gasteiger partial charge in [-0.05, 0) is 50.2 Å². The third kappa shape index (κ3) is 5.54. The number of carbonyl (C=O) groups excluding carboxylic acids is 1. The van der Waals surface area contributed by atoms with E-state index in [1.54, 1.807) is 26.4 Å². The first-order valence-electron chi connectivity index (χ1n) is 11.8. The summed E-state index contributed by atoms with van der Waals surface area (Å²) in [6, 6.07) is 13.3. The Hall–Kier alpha value is -3.78. The van der Waals surface area contributed by atoms with Crippen molar-refractivity contribution in [2.24, 2.45) is 0 Å². The van der Waals surface area contributed by atoms with Gasteiger partial charge in [0.15, 0.2) is 5.56 Å². The maximum Gasteiger partial charge on any atom is 0.347 e. The monoisotopic (exact) mass is 494 g/mol. The number of pyridine rings is 1. The van der Waals surface area contributed by atoms with Crippen LogP contribution in [0.4, 0.5) is 0 Å². The molecule has 2 aromatic carbocycles. The Morgan fingerprint density at radius 2 is 1.72 bits per heavy atom. The van der Waals surface area contributed by atoms with E-state index in [0.29, 0.717) is 34.7 Å². The van der Waals surface area contributed by atoms with Crippen molar-refractivity contribution in [2.75, 3.05) is 42.0 Å². The SMILES string of the molecule is CCc1c(O)c(C(=O)OC)c(=O)n(Cc2ccc(OC)cc2OC)c1-c1ccc(CCN(C)C)cc1. The van der Waals surface area contributed by atoms with Crippen LogP contribution >= 0.6 is 0 Å². The van der Waals surface area contributed by atoms with Crippen LogP contribution in [-0.4, -0.2) is 62.5 Å². The van der Waals surface area contributed by atoms with Crippen LogP contribution in [0.25, 0.3) is 11.3 Å². The molecule has 0 fully saturated rings. The Labute approximate surface area is 211 Å². The molecule has 3 rings (SSSR count). The maximum atomic E-state index is 13.7. The number of hydrogen-bond donors (Lipinski definition) is 1. The fraction of sp³-hybridized carbons (Fsp3) is 0.357. The zero-order valence-corrected chi connectivity index (χ0v) is 21.8. The highest BCUT2D eigenvalue weighted by Crippen LogP contribution is 2.34. The molecule has 192 valence electrons. The molecule has 0 aliphatic heterocycles. The van der Waals surface area contributed by atoms with E-state index in [9.17, 15) is 14.7 Å². The van der Waals surface area contributed by atoms with Gasteiger partial charge in [-0.25, -0.2) is 4.79 Å². The summed E-state index contributed by atoms with van der Waals surface area (Å²) in [5.74, 6) is -0.0733. The average Bonchev–Trinajstić information content (AvgIpc) is 2.89. The summed E-state index contributed by atoms with van der Waals surface area (Å²) < 4.78 is 17.2. The van der Waals surface area contributed by atoms with Crippen LogP contribution in [0.3, 0.4) is 0 Å². The molecular weight excluding hydrogens is 460 g/mol. The highest BCUT2D eigenvalue weighted by molar-refractivity contribution is 5.93. The molecule has 0 radical (unpaired) electrons. The topological polar surface area (TPSA) is 90.2 Å². The highest BCUT2D eigenvalue weighted by atomic mass is 16.5. The number of rotatable bonds is 10. The lowest BCUT2D eigenvalue weighted by Crippen LogP contribution is -2.30. The van der Waals surface area contributed by atoms with Gasteiger partial charge in [0, 0.05) is 23.7 Å².